The minimum absolute atomic E-state index is 0.0332. The molecule has 8 heteroatoms. The Morgan fingerprint density at radius 3 is 2.73 bits per heavy atom. The number of nitrogens with one attached hydrogen (secondary N) is 2. The van der Waals surface area contributed by atoms with E-state index in [0.29, 0.717) is 13.1 Å². The molecule has 2 aromatic rings. The Balaban J connectivity index is 1.64. The topological polar surface area (TPSA) is 88.9 Å². The van der Waals surface area contributed by atoms with Crippen molar-refractivity contribution < 1.29 is 14.0 Å². The molecular weight excluding hydrogens is 289 g/mol. The molecule has 0 saturated heterocycles. The summed E-state index contributed by atoms with van der Waals surface area (Å²) in [5.41, 5.74) is -0.0332. The lowest BCUT2D eigenvalue weighted by Crippen LogP contribution is -2.32. The number of amides is 2. The second-order valence-electron chi connectivity index (χ2n) is 4.50. The summed E-state index contributed by atoms with van der Waals surface area (Å²) < 4.78 is 15.0. The third-order valence-electron chi connectivity index (χ3n) is 2.89. The van der Waals surface area contributed by atoms with Gasteiger partial charge in [-0.2, -0.15) is 0 Å². The fourth-order valence-corrected chi connectivity index (χ4v) is 1.78. The molecule has 0 saturated carbocycles. The number of carbonyl (C=O) groups excluding carboxylic acids is 2. The highest BCUT2D eigenvalue weighted by Gasteiger charge is 2.10. The van der Waals surface area contributed by atoms with E-state index in [4.69, 9.17) is 0 Å². The molecule has 2 rings (SSSR count). The molecule has 0 atom stereocenters. The van der Waals surface area contributed by atoms with Gasteiger partial charge in [-0.05, 0) is 12.1 Å². The van der Waals surface area contributed by atoms with Crippen molar-refractivity contribution in [2.75, 3.05) is 13.1 Å². The molecule has 2 N–H and O–H groups in total. The summed E-state index contributed by atoms with van der Waals surface area (Å²) in [4.78, 5) is 23.3. The van der Waals surface area contributed by atoms with E-state index < -0.39 is 11.7 Å². The standard InChI is InChI=1S/C14H16FN5O2/c15-12-4-2-1-3-11(12)14(22)17-6-5-13(21)16-7-9-20-10-8-18-19-20/h1-4,8,10H,5-7,9H2,(H,16,21)(H,17,22). The lowest BCUT2D eigenvalue weighted by molar-refractivity contribution is -0.120. The van der Waals surface area contributed by atoms with Crippen molar-refractivity contribution >= 4 is 11.8 Å². The van der Waals surface area contributed by atoms with Gasteiger partial charge in [-0.1, -0.05) is 17.3 Å². The van der Waals surface area contributed by atoms with Crippen LogP contribution in [-0.2, 0) is 11.3 Å². The van der Waals surface area contributed by atoms with E-state index in [0.717, 1.165) is 0 Å². The van der Waals surface area contributed by atoms with Crippen LogP contribution in [-0.4, -0.2) is 39.9 Å². The van der Waals surface area contributed by atoms with Crippen LogP contribution in [0.2, 0.25) is 0 Å². The van der Waals surface area contributed by atoms with Crippen molar-refractivity contribution in [3.63, 3.8) is 0 Å². The van der Waals surface area contributed by atoms with Crippen molar-refractivity contribution in [2.45, 2.75) is 13.0 Å². The molecule has 0 unspecified atom stereocenters. The first kappa shape index (κ1) is 15.6. The predicted molar refractivity (Wildman–Crippen MR) is 76.4 cm³/mol. The van der Waals surface area contributed by atoms with Gasteiger partial charge >= 0.3 is 0 Å². The average molecular weight is 305 g/mol. The maximum absolute atomic E-state index is 13.4. The third-order valence-corrected chi connectivity index (χ3v) is 2.89. The Hall–Kier alpha value is -2.77. The highest BCUT2D eigenvalue weighted by molar-refractivity contribution is 5.94. The highest BCUT2D eigenvalue weighted by atomic mass is 19.1. The molecule has 0 aliphatic carbocycles. The van der Waals surface area contributed by atoms with Gasteiger partial charge in [0.05, 0.1) is 18.3 Å². The fraction of sp³-hybridized carbons (Fsp3) is 0.286. The van der Waals surface area contributed by atoms with E-state index in [1.807, 2.05) is 0 Å². The third kappa shape index (κ3) is 4.65. The van der Waals surface area contributed by atoms with E-state index >= 15 is 0 Å². The molecule has 1 heterocycles. The quantitative estimate of drug-likeness (QED) is 0.772. The molecule has 7 nitrogen and oxygen atoms in total. The van der Waals surface area contributed by atoms with Gasteiger partial charge in [-0.15, -0.1) is 5.10 Å². The zero-order valence-electron chi connectivity index (χ0n) is 11.8. The van der Waals surface area contributed by atoms with E-state index in [9.17, 15) is 14.0 Å². The maximum Gasteiger partial charge on any atom is 0.254 e. The molecule has 2 amide bonds. The van der Waals surface area contributed by atoms with Gasteiger partial charge in [-0.3, -0.25) is 14.3 Å². The van der Waals surface area contributed by atoms with Gasteiger partial charge < -0.3 is 10.6 Å². The Kier molecular flexibility index (Phi) is 5.58. The second-order valence-corrected chi connectivity index (χ2v) is 4.50. The summed E-state index contributed by atoms with van der Waals surface area (Å²) in [6.07, 6.45) is 3.37. The summed E-state index contributed by atoms with van der Waals surface area (Å²) in [6, 6.07) is 5.69. The van der Waals surface area contributed by atoms with Gasteiger partial charge in [0.15, 0.2) is 0 Å². The van der Waals surface area contributed by atoms with E-state index in [-0.39, 0.29) is 24.4 Å². The minimum Gasteiger partial charge on any atom is -0.354 e. The first-order valence-corrected chi connectivity index (χ1v) is 6.80. The minimum atomic E-state index is -0.586. The first-order valence-electron chi connectivity index (χ1n) is 6.80. The number of nitrogens with zero attached hydrogens (tertiary/aromatic N) is 3. The average Bonchev–Trinajstić information content (AvgIpc) is 3.01. The first-order chi connectivity index (χ1) is 10.7. The zero-order chi connectivity index (χ0) is 15.8. The second kappa shape index (κ2) is 7.87. The Morgan fingerprint density at radius 2 is 2.00 bits per heavy atom. The van der Waals surface area contributed by atoms with Crippen molar-refractivity contribution in [2.24, 2.45) is 0 Å². The van der Waals surface area contributed by atoms with Crippen LogP contribution in [0, 0.1) is 5.82 Å². The van der Waals surface area contributed by atoms with Crippen molar-refractivity contribution in [3.05, 3.63) is 48.0 Å². The van der Waals surface area contributed by atoms with Crippen LogP contribution in [0.25, 0.3) is 0 Å². The zero-order valence-corrected chi connectivity index (χ0v) is 11.8. The maximum atomic E-state index is 13.4. The van der Waals surface area contributed by atoms with Crippen LogP contribution in [0.4, 0.5) is 4.39 Å². The van der Waals surface area contributed by atoms with Gasteiger partial charge in [0.2, 0.25) is 5.91 Å². The summed E-state index contributed by atoms with van der Waals surface area (Å²) in [7, 11) is 0. The molecule has 0 fully saturated rings. The highest BCUT2D eigenvalue weighted by Crippen LogP contribution is 2.05. The van der Waals surface area contributed by atoms with Crippen LogP contribution in [0.1, 0.15) is 16.8 Å². The van der Waals surface area contributed by atoms with Gasteiger partial charge in [-0.25, -0.2) is 4.39 Å². The summed E-state index contributed by atoms with van der Waals surface area (Å²) >= 11 is 0. The van der Waals surface area contributed by atoms with Crippen LogP contribution >= 0.6 is 0 Å². The van der Waals surface area contributed by atoms with E-state index in [1.165, 1.54) is 18.2 Å². The molecule has 1 aromatic carbocycles. The smallest absolute Gasteiger partial charge is 0.254 e. The largest absolute Gasteiger partial charge is 0.354 e. The number of halogens is 1. The fourth-order valence-electron chi connectivity index (χ4n) is 1.78. The number of rotatable bonds is 7. The van der Waals surface area contributed by atoms with Gasteiger partial charge in [0.1, 0.15) is 5.82 Å². The van der Waals surface area contributed by atoms with Gasteiger partial charge in [0, 0.05) is 25.7 Å². The number of carbonyl (C=O) groups is 2. The Morgan fingerprint density at radius 1 is 1.18 bits per heavy atom. The monoisotopic (exact) mass is 305 g/mol. The molecule has 116 valence electrons. The van der Waals surface area contributed by atoms with Crippen molar-refractivity contribution in [1.29, 1.82) is 0 Å². The molecule has 0 radical (unpaired) electrons. The molecule has 1 aromatic heterocycles. The van der Waals surface area contributed by atoms with Crippen LogP contribution in [0.15, 0.2) is 36.7 Å². The summed E-state index contributed by atoms with van der Waals surface area (Å²) in [5.74, 6) is -1.32. The number of hydrogen-bond donors (Lipinski definition) is 2. The van der Waals surface area contributed by atoms with Crippen molar-refractivity contribution in [1.82, 2.24) is 25.6 Å². The van der Waals surface area contributed by atoms with E-state index in [1.54, 1.807) is 23.1 Å². The normalized spacial score (nSPS) is 10.2. The van der Waals surface area contributed by atoms with Crippen molar-refractivity contribution in [3.8, 4) is 0 Å². The summed E-state index contributed by atoms with van der Waals surface area (Å²) in [6.45, 7) is 1.08. The molecule has 22 heavy (non-hydrogen) atoms. The number of hydrogen-bond acceptors (Lipinski definition) is 4. The van der Waals surface area contributed by atoms with Crippen LogP contribution in [0.5, 0.6) is 0 Å². The lowest BCUT2D eigenvalue weighted by Gasteiger charge is -2.07. The summed E-state index contributed by atoms with van der Waals surface area (Å²) in [5, 5.41) is 12.6. The molecule has 0 bridgehead atoms. The molecular formula is C14H16FN5O2. The Bertz CT molecular complexity index is 630. The molecule has 0 spiro atoms. The molecule has 0 aliphatic rings. The predicted octanol–water partition coefficient (Wildman–Crippen LogP) is 0.353. The van der Waals surface area contributed by atoms with E-state index in [2.05, 4.69) is 20.9 Å². The number of aromatic nitrogens is 3. The number of benzene rings is 1. The SMILES string of the molecule is O=C(CCNC(=O)c1ccccc1F)NCCn1ccnn1. The van der Waals surface area contributed by atoms with Crippen LogP contribution in [0.3, 0.4) is 0 Å². The lowest BCUT2D eigenvalue weighted by atomic mass is 10.2. The molecule has 0 aliphatic heterocycles. The Labute approximate surface area is 126 Å². The van der Waals surface area contributed by atoms with Crippen LogP contribution < -0.4 is 10.6 Å². The van der Waals surface area contributed by atoms with Gasteiger partial charge in [0.25, 0.3) is 5.91 Å².